The van der Waals surface area contributed by atoms with Crippen molar-refractivity contribution in [2.24, 2.45) is 5.92 Å². The number of rotatable bonds is 9. The molecule has 2 amide bonds. The Labute approximate surface area is 116 Å². The number of carboxylic acids is 1. The second-order valence-electron chi connectivity index (χ2n) is 4.61. The number of nitrogens with one attached hydrogen (secondary N) is 2. The Morgan fingerprint density at radius 1 is 1.35 bits per heavy atom. The first kappa shape index (κ1) is 15.9. The predicted molar refractivity (Wildman–Crippen MR) is 70.1 cm³/mol. The molecule has 0 aromatic carbocycles. The average molecular weight is 284 g/mol. The summed E-state index contributed by atoms with van der Waals surface area (Å²) in [6.07, 6.45) is 3.30. The standard InChI is InChI=1S/C12H20N4O4/c1-9(2-3-11(17)18)4-6-13-12(19)14-7-5-10-15-8-20-16-10/h8-9H,2-7H2,1H3,(H,17,18)(H2,13,14,19). The fourth-order valence-corrected chi connectivity index (χ4v) is 1.60. The van der Waals surface area contributed by atoms with E-state index >= 15 is 0 Å². The van der Waals surface area contributed by atoms with Crippen molar-refractivity contribution >= 4 is 12.0 Å². The fraction of sp³-hybridized carbons (Fsp3) is 0.667. The highest BCUT2D eigenvalue weighted by atomic mass is 16.5. The van der Waals surface area contributed by atoms with Gasteiger partial charge in [0, 0.05) is 25.9 Å². The van der Waals surface area contributed by atoms with Gasteiger partial charge in [-0.3, -0.25) is 4.79 Å². The third kappa shape index (κ3) is 7.34. The Morgan fingerprint density at radius 2 is 2.10 bits per heavy atom. The van der Waals surface area contributed by atoms with E-state index in [2.05, 4.69) is 25.3 Å². The number of urea groups is 1. The van der Waals surface area contributed by atoms with Gasteiger partial charge in [-0.25, -0.2) is 4.79 Å². The second-order valence-corrected chi connectivity index (χ2v) is 4.61. The summed E-state index contributed by atoms with van der Waals surface area (Å²) in [7, 11) is 0. The maximum Gasteiger partial charge on any atom is 0.314 e. The largest absolute Gasteiger partial charge is 0.481 e. The number of hydrogen-bond acceptors (Lipinski definition) is 5. The van der Waals surface area contributed by atoms with E-state index in [0.29, 0.717) is 31.8 Å². The maximum atomic E-state index is 11.4. The van der Waals surface area contributed by atoms with Crippen LogP contribution in [0.5, 0.6) is 0 Å². The highest BCUT2D eigenvalue weighted by molar-refractivity contribution is 5.73. The Balaban J connectivity index is 2.00. The summed E-state index contributed by atoms with van der Waals surface area (Å²) in [5.74, 6) is 0.0299. The molecular weight excluding hydrogens is 264 g/mol. The van der Waals surface area contributed by atoms with Crippen LogP contribution < -0.4 is 10.6 Å². The maximum absolute atomic E-state index is 11.4. The number of hydrogen-bond donors (Lipinski definition) is 3. The molecule has 112 valence electrons. The molecule has 8 heteroatoms. The van der Waals surface area contributed by atoms with E-state index in [0.717, 1.165) is 6.42 Å². The van der Waals surface area contributed by atoms with Crippen molar-refractivity contribution in [2.75, 3.05) is 13.1 Å². The molecule has 0 spiro atoms. The van der Waals surface area contributed by atoms with Gasteiger partial charge < -0.3 is 20.3 Å². The van der Waals surface area contributed by atoms with E-state index in [1.54, 1.807) is 0 Å². The van der Waals surface area contributed by atoms with Crippen LogP contribution in [0.2, 0.25) is 0 Å². The van der Waals surface area contributed by atoms with Crippen molar-refractivity contribution in [1.29, 1.82) is 0 Å². The third-order valence-electron chi connectivity index (χ3n) is 2.81. The van der Waals surface area contributed by atoms with Crippen LogP contribution in [0.15, 0.2) is 10.9 Å². The minimum atomic E-state index is -0.788. The topological polar surface area (TPSA) is 117 Å². The first-order chi connectivity index (χ1) is 9.58. The lowest BCUT2D eigenvalue weighted by Gasteiger charge is -2.11. The summed E-state index contributed by atoms with van der Waals surface area (Å²) in [6, 6.07) is -0.251. The molecule has 0 aliphatic carbocycles. The highest BCUT2D eigenvalue weighted by Gasteiger charge is 2.06. The lowest BCUT2D eigenvalue weighted by Crippen LogP contribution is -2.37. The molecule has 0 saturated heterocycles. The molecule has 1 aromatic heterocycles. The van der Waals surface area contributed by atoms with Crippen LogP contribution in [0.3, 0.4) is 0 Å². The molecule has 1 atom stereocenters. The van der Waals surface area contributed by atoms with Crippen molar-refractivity contribution in [3.8, 4) is 0 Å². The van der Waals surface area contributed by atoms with E-state index in [9.17, 15) is 9.59 Å². The van der Waals surface area contributed by atoms with Crippen LogP contribution in [0.25, 0.3) is 0 Å². The SMILES string of the molecule is CC(CCNC(=O)NCCc1ncon1)CCC(=O)O. The van der Waals surface area contributed by atoms with Gasteiger partial charge in [0.15, 0.2) is 5.82 Å². The molecule has 0 fully saturated rings. The number of aromatic nitrogens is 2. The van der Waals surface area contributed by atoms with Crippen LogP contribution in [0.1, 0.15) is 32.0 Å². The van der Waals surface area contributed by atoms with Crippen molar-refractivity contribution in [2.45, 2.75) is 32.6 Å². The van der Waals surface area contributed by atoms with Gasteiger partial charge in [-0.05, 0) is 18.8 Å². The average Bonchev–Trinajstić information content (AvgIpc) is 2.89. The second kappa shape index (κ2) is 8.89. The Morgan fingerprint density at radius 3 is 2.75 bits per heavy atom. The van der Waals surface area contributed by atoms with Crippen molar-refractivity contribution < 1.29 is 19.2 Å². The fourth-order valence-electron chi connectivity index (χ4n) is 1.60. The van der Waals surface area contributed by atoms with Crippen molar-refractivity contribution in [3.05, 3.63) is 12.2 Å². The summed E-state index contributed by atoms with van der Waals surface area (Å²) in [6.45, 7) is 2.92. The van der Waals surface area contributed by atoms with Crippen LogP contribution in [-0.4, -0.2) is 40.3 Å². The van der Waals surface area contributed by atoms with Gasteiger partial charge in [0.05, 0.1) is 0 Å². The smallest absolute Gasteiger partial charge is 0.314 e. The number of nitrogens with zero attached hydrogens (tertiary/aromatic N) is 2. The molecular formula is C12H20N4O4. The van der Waals surface area contributed by atoms with E-state index in [1.165, 1.54) is 6.39 Å². The summed E-state index contributed by atoms with van der Waals surface area (Å²) in [5, 5.41) is 17.6. The minimum Gasteiger partial charge on any atom is -0.481 e. The molecule has 1 heterocycles. The molecule has 1 unspecified atom stereocenters. The van der Waals surface area contributed by atoms with Crippen LogP contribution >= 0.6 is 0 Å². The van der Waals surface area contributed by atoms with Gasteiger partial charge in [-0.1, -0.05) is 12.1 Å². The molecule has 0 aliphatic rings. The summed E-state index contributed by atoms with van der Waals surface area (Å²) in [5.41, 5.74) is 0. The molecule has 0 aliphatic heterocycles. The predicted octanol–water partition coefficient (Wildman–Crippen LogP) is 0.802. The normalized spacial score (nSPS) is 11.8. The number of amides is 2. The molecule has 3 N–H and O–H groups in total. The zero-order chi connectivity index (χ0) is 14.8. The van der Waals surface area contributed by atoms with E-state index in [-0.39, 0.29) is 18.4 Å². The monoisotopic (exact) mass is 284 g/mol. The zero-order valence-electron chi connectivity index (χ0n) is 11.5. The van der Waals surface area contributed by atoms with Gasteiger partial charge in [0.2, 0.25) is 6.39 Å². The molecule has 1 aromatic rings. The van der Waals surface area contributed by atoms with Crippen molar-refractivity contribution in [1.82, 2.24) is 20.8 Å². The number of carbonyl (C=O) groups excluding carboxylic acids is 1. The first-order valence-electron chi connectivity index (χ1n) is 6.56. The zero-order valence-corrected chi connectivity index (χ0v) is 11.5. The Kier molecular flexibility index (Phi) is 7.08. The quantitative estimate of drug-likeness (QED) is 0.617. The van der Waals surface area contributed by atoms with Gasteiger partial charge in [-0.15, -0.1) is 0 Å². The lowest BCUT2D eigenvalue weighted by molar-refractivity contribution is -0.137. The number of aliphatic carboxylic acids is 1. The minimum absolute atomic E-state index is 0.165. The van der Waals surface area contributed by atoms with Crippen LogP contribution in [-0.2, 0) is 11.2 Å². The van der Waals surface area contributed by atoms with Gasteiger partial charge in [0.1, 0.15) is 0 Å². The van der Waals surface area contributed by atoms with Gasteiger partial charge in [-0.2, -0.15) is 4.98 Å². The van der Waals surface area contributed by atoms with E-state index in [4.69, 9.17) is 5.11 Å². The summed E-state index contributed by atoms with van der Waals surface area (Å²) < 4.78 is 4.57. The number of carboxylic acid groups (broad SMARTS) is 1. The lowest BCUT2D eigenvalue weighted by atomic mass is 10.0. The summed E-state index contributed by atoms with van der Waals surface area (Å²) >= 11 is 0. The number of carbonyl (C=O) groups is 2. The third-order valence-corrected chi connectivity index (χ3v) is 2.81. The van der Waals surface area contributed by atoms with Gasteiger partial charge >= 0.3 is 12.0 Å². The van der Waals surface area contributed by atoms with E-state index in [1.807, 2.05) is 6.92 Å². The molecule has 0 bridgehead atoms. The molecule has 20 heavy (non-hydrogen) atoms. The van der Waals surface area contributed by atoms with Crippen LogP contribution in [0, 0.1) is 5.92 Å². The molecule has 8 nitrogen and oxygen atoms in total. The van der Waals surface area contributed by atoms with E-state index < -0.39 is 5.97 Å². The Hall–Kier alpha value is -2.12. The summed E-state index contributed by atoms with van der Waals surface area (Å²) in [4.78, 5) is 25.7. The molecule has 0 saturated carbocycles. The van der Waals surface area contributed by atoms with Crippen molar-refractivity contribution in [3.63, 3.8) is 0 Å². The van der Waals surface area contributed by atoms with Crippen LogP contribution in [0.4, 0.5) is 4.79 Å². The molecule has 1 rings (SSSR count). The first-order valence-corrected chi connectivity index (χ1v) is 6.56. The highest BCUT2D eigenvalue weighted by Crippen LogP contribution is 2.08. The molecule has 0 radical (unpaired) electrons. The Bertz CT molecular complexity index is 408. The van der Waals surface area contributed by atoms with Gasteiger partial charge in [0.25, 0.3) is 0 Å².